The average Bonchev–Trinajstić information content (AvgIpc) is 2.94. The normalized spacial score (nSPS) is 33.3. The van der Waals surface area contributed by atoms with Crippen LogP contribution in [0.5, 0.6) is 28.7 Å². The zero-order valence-electron chi connectivity index (χ0n) is 22.3. The van der Waals surface area contributed by atoms with E-state index in [1.165, 1.54) is 25.1 Å². The molecule has 15 nitrogen and oxygen atoms in total. The lowest BCUT2D eigenvalue weighted by atomic mass is 9.97. The van der Waals surface area contributed by atoms with Crippen molar-refractivity contribution in [1.29, 1.82) is 0 Å². The Morgan fingerprint density at radius 2 is 1.45 bits per heavy atom. The van der Waals surface area contributed by atoms with Crippen molar-refractivity contribution in [1.82, 2.24) is 0 Å². The minimum absolute atomic E-state index is 0.112. The van der Waals surface area contributed by atoms with Crippen LogP contribution in [-0.4, -0.2) is 125 Å². The highest BCUT2D eigenvalue weighted by atomic mass is 16.8. The van der Waals surface area contributed by atoms with Gasteiger partial charge in [0.15, 0.2) is 29.7 Å². The minimum Gasteiger partial charge on any atom is -0.507 e. The molecule has 2 aromatic rings. The van der Waals surface area contributed by atoms with Crippen LogP contribution in [-0.2, 0) is 20.6 Å². The number of phenolic OH excluding ortho intramolecular Hbond substituents is 4. The van der Waals surface area contributed by atoms with E-state index in [9.17, 15) is 55.9 Å². The number of ketones is 1. The number of aromatic hydroxyl groups is 4. The maximum atomic E-state index is 12.8. The minimum atomic E-state index is -1.79. The third-order valence-electron chi connectivity index (χ3n) is 7.21. The first-order valence-corrected chi connectivity index (χ1v) is 13.1. The summed E-state index contributed by atoms with van der Waals surface area (Å²) in [5.41, 5.74) is 0.0902. The molecule has 0 bridgehead atoms. The highest BCUT2D eigenvalue weighted by molar-refractivity contribution is 6.01. The molecule has 232 valence electrons. The van der Waals surface area contributed by atoms with Crippen LogP contribution < -0.4 is 4.74 Å². The molecule has 2 heterocycles. The molecular formula is C27H34O15. The Hall–Kier alpha value is -3.25. The predicted molar refractivity (Wildman–Crippen MR) is 138 cm³/mol. The topological polar surface area (TPSA) is 256 Å². The number of rotatable bonds is 9. The van der Waals surface area contributed by atoms with Gasteiger partial charge in [-0.05, 0) is 31.0 Å². The number of aryl methyl sites for hydroxylation is 1. The number of carbonyl (C=O) groups is 1. The number of hydrogen-bond donors (Lipinski definition) is 10. The lowest BCUT2D eigenvalue weighted by Gasteiger charge is -2.45. The quantitative estimate of drug-likeness (QED) is 0.115. The van der Waals surface area contributed by atoms with Crippen molar-refractivity contribution >= 4 is 5.78 Å². The molecule has 0 aliphatic carbocycles. The van der Waals surface area contributed by atoms with E-state index in [1.54, 1.807) is 0 Å². The number of Topliss-reactive ketones (excluding diaryl/α,β-unsaturated/α-hetero) is 1. The fourth-order valence-corrected chi connectivity index (χ4v) is 4.76. The zero-order valence-corrected chi connectivity index (χ0v) is 22.3. The van der Waals surface area contributed by atoms with Crippen molar-refractivity contribution in [3.8, 4) is 28.7 Å². The lowest BCUT2D eigenvalue weighted by Crippen LogP contribution is -2.64. The van der Waals surface area contributed by atoms with Crippen LogP contribution >= 0.6 is 0 Å². The molecule has 10 N–H and O–H groups in total. The van der Waals surface area contributed by atoms with Gasteiger partial charge < -0.3 is 70.0 Å². The summed E-state index contributed by atoms with van der Waals surface area (Å²) in [4.78, 5) is 12.8. The average molecular weight is 599 g/mol. The summed E-state index contributed by atoms with van der Waals surface area (Å²) in [6.07, 6.45) is -15.7. The van der Waals surface area contributed by atoms with Gasteiger partial charge in [-0.2, -0.15) is 0 Å². The first kappa shape index (κ1) is 31.7. The van der Waals surface area contributed by atoms with Gasteiger partial charge in [0, 0.05) is 18.6 Å². The Labute approximate surface area is 239 Å². The van der Waals surface area contributed by atoms with Gasteiger partial charge in [0.1, 0.15) is 59.4 Å². The van der Waals surface area contributed by atoms with Gasteiger partial charge in [-0.25, -0.2) is 0 Å². The van der Waals surface area contributed by atoms with E-state index in [0.717, 1.165) is 12.1 Å². The van der Waals surface area contributed by atoms with Crippen LogP contribution in [0, 0.1) is 0 Å². The molecule has 2 saturated heterocycles. The number of carbonyl (C=O) groups excluding carboxylic acids is 1. The summed E-state index contributed by atoms with van der Waals surface area (Å²) in [5, 5.41) is 101. The highest BCUT2D eigenvalue weighted by Crippen LogP contribution is 2.37. The summed E-state index contributed by atoms with van der Waals surface area (Å²) in [6.45, 7) is 0.648. The van der Waals surface area contributed by atoms with Gasteiger partial charge in [0.2, 0.25) is 6.29 Å². The van der Waals surface area contributed by atoms with Crippen molar-refractivity contribution in [2.24, 2.45) is 0 Å². The maximum absolute atomic E-state index is 12.8. The van der Waals surface area contributed by atoms with E-state index < -0.39 is 90.9 Å². The molecule has 0 spiro atoms. The number of hydrogen-bond acceptors (Lipinski definition) is 15. The fraction of sp³-hybridized carbons (Fsp3) is 0.519. The molecule has 2 aliphatic heterocycles. The van der Waals surface area contributed by atoms with Crippen LogP contribution in [0.3, 0.4) is 0 Å². The zero-order chi connectivity index (χ0) is 30.9. The van der Waals surface area contributed by atoms with E-state index >= 15 is 0 Å². The first-order chi connectivity index (χ1) is 19.8. The van der Waals surface area contributed by atoms with Crippen molar-refractivity contribution in [2.75, 3.05) is 6.61 Å². The summed E-state index contributed by atoms with van der Waals surface area (Å²) < 4.78 is 22.2. The standard InChI is InChI=1S/C27H34O15/c1-10-20(34)22(36)24(38)26(39-10)42-25-23(37)21(35)18(9-28)41-27(25)40-12-7-16(32)19(17(33)8-12)14(30)5-3-11-2-4-13(29)15(31)6-11/h2,4,6-8,10,18,20-29,31-38H,3,5,9H2,1H3/t10-,18+,20-,21+,22+,23-,24+,25+,26-,27+/m0/s1. The number of ether oxygens (including phenoxy) is 4. The van der Waals surface area contributed by atoms with Crippen LogP contribution in [0.1, 0.15) is 29.3 Å². The largest absolute Gasteiger partial charge is 0.507 e. The van der Waals surface area contributed by atoms with Crippen molar-refractivity contribution in [3.63, 3.8) is 0 Å². The summed E-state index contributed by atoms with van der Waals surface area (Å²) in [5.74, 6) is -2.98. The molecule has 0 unspecified atom stereocenters. The third-order valence-corrected chi connectivity index (χ3v) is 7.21. The van der Waals surface area contributed by atoms with Crippen LogP contribution in [0.2, 0.25) is 0 Å². The molecule has 0 amide bonds. The molecular weight excluding hydrogens is 564 g/mol. The van der Waals surface area contributed by atoms with E-state index in [-0.39, 0.29) is 30.1 Å². The van der Waals surface area contributed by atoms with Gasteiger partial charge >= 0.3 is 0 Å². The number of phenols is 4. The maximum Gasteiger partial charge on any atom is 0.229 e. The summed E-state index contributed by atoms with van der Waals surface area (Å²) >= 11 is 0. The molecule has 0 aromatic heterocycles. The van der Waals surface area contributed by atoms with Crippen molar-refractivity contribution in [2.45, 2.75) is 81.2 Å². The molecule has 0 radical (unpaired) electrons. The number of benzene rings is 2. The molecule has 15 heteroatoms. The van der Waals surface area contributed by atoms with Gasteiger partial charge in [-0.15, -0.1) is 0 Å². The second kappa shape index (κ2) is 12.9. The van der Waals surface area contributed by atoms with Crippen molar-refractivity contribution in [3.05, 3.63) is 41.5 Å². The van der Waals surface area contributed by atoms with Crippen molar-refractivity contribution < 1.29 is 74.8 Å². The van der Waals surface area contributed by atoms with Gasteiger partial charge in [0.25, 0.3) is 0 Å². The SMILES string of the molecule is C[C@@H]1O[C@@H](O[C@H]2[C@H](Oc3cc(O)c(C(=O)CCc4ccc(O)c(O)c4)c(O)c3)O[C@H](CO)[C@@H](O)[C@@H]2O)[C@H](O)[C@H](O)[C@H]1O. The van der Waals surface area contributed by atoms with Crippen LogP contribution in [0.15, 0.2) is 30.3 Å². The molecule has 4 rings (SSSR count). The Morgan fingerprint density at radius 3 is 2.07 bits per heavy atom. The van der Waals surface area contributed by atoms with E-state index in [2.05, 4.69) is 0 Å². The molecule has 2 aromatic carbocycles. The third kappa shape index (κ3) is 6.54. The van der Waals surface area contributed by atoms with Gasteiger partial charge in [-0.1, -0.05) is 6.07 Å². The Morgan fingerprint density at radius 1 is 0.786 bits per heavy atom. The molecule has 2 aliphatic rings. The Kier molecular flexibility index (Phi) is 9.77. The van der Waals surface area contributed by atoms with Crippen LogP contribution in [0.4, 0.5) is 0 Å². The Bertz CT molecular complexity index is 1230. The second-order valence-corrected chi connectivity index (χ2v) is 10.2. The molecule has 0 saturated carbocycles. The summed E-state index contributed by atoms with van der Waals surface area (Å²) in [7, 11) is 0. The van der Waals surface area contributed by atoms with E-state index in [4.69, 9.17) is 18.9 Å². The van der Waals surface area contributed by atoms with Gasteiger partial charge in [-0.3, -0.25) is 4.79 Å². The van der Waals surface area contributed by atoms with E-state index in [1.807, 2.05) is 0 Å². The lowest BCUT2D eigenvalue weighted by molar-refractivity contribution is -0.354. The predicted octanol–water partition coefficient (Wildman–Crippen LogP) is -1.65. The molecule has 42 heavy (non-hydrogen) atoms. The fourth-order valence-electron chi connectivity index (χ4n) is 4.76. The first-order valence-electron chi connectivity index (χ1n) is 13.1. The van der Waals surface area contributed by atoms with Crippen LogP contribution in [0.25, 0.3) is 0 Å². The number of aliphatic hydroxyl groups is 6. The second-order valence-electron chi connectivity index (χ2n) is 10.2. The summed E-state index contributed by atoms with van der Waals surface area (Å²) in [6, 6.07) is 5.96. The van der Waals surface area contributed by atoms with Gasteiger partial charge in [0.05, 0.1) is 12.7 Å². The highest BCUT2D eigenvalue weighted by Gasteiger charge is 2.51. The smallest absolute Gasteiger partial charge is 0.229 e. The Balaban J connectivity index is 1.52. The van der Waals surface area contributed by atoms with E-state index in [0.29, 0.717) is 5.56 Å². The molecule has 10 atom stereocenters. The molecule has 2 fully saturated rings. The monoisotopic (exact) mass is 598 g/mol. The number of aliphatic hydroxyl groups excluding tert-OH is 6.